The average molecular weight is 285 g/mol. The molecule has 0 aliphatic rings. The first-order valence-electron chi connectivity index (χ1n) is 6.41. The molecule has 0 unspecified atom stereocenters. The van der Waals surface area contributed by atoms with Gasteiger partial charge >= 0.3 is 0 Å². The van der Waals surface area contributed by atoms with E-state index in [1.54, 1.807) is 26.8 Å². The summed E-state index contributed by atoms with van der Waals surface area (Å²) in [6, 6.07) is 5.58. The zero-order valence-electron chi connectivity index (χ0n) is 12.1. The summed E-state index contributed by atoms with van der Waals surface area (Å²) in [5.41, 5.74) is 7.54. The number of ether oxygens (including phenoxy) is 1. The van der Waals surface area contributed by atoms with E-state index in [9.17, 15) is 8.42 Å². The van der Waals surface area contributed by atoms with Crippen LogP contribution in [-0.2, 0) is 16.3 Å². The predicted molar refractivity (Wildman–Crippen MR) is 79.3 cm³/mol. The summed E-state index contributed by atoms with van der Waals surface area (Å²) in [5, 5.41) is 0. The Balaban J connectivity index is 2.64. The molecule has 0 amide bonds. The maximum Gasteiger partial charge on any atom is 0.158 e. The predicted octanol–water partition coefficient (Wildman–Crippen LogP) is 2.42. The van der Waals surface area contributed by atoms with Crippen molar-refractivity contribution in [3.05, 3.63) is 23.8 Å². The Morgan fingerprint density at radius 1 is 1.26 bits per heavy atom. The van der Waals surface area contributed by atoms with Gasteiger partial charge in [-0.2, -0.15) is 0 Å². The smallest absolute Gasteiger partial charge is 0.158 e. The fourth-order valence-electron chi connectivity index (χ4n) is 1.52. The van der Waals surface area contributed by atoms with Crippen molar-refractivity contribution in [2.24, 2.45) is 0 Å². The molecule has 0 aliphatic heterocycles. The van der Waals surface area contributed by atoms with Crippen LogP contribution in [0, 0.1) is 0 Å². The van der Waals surface area contributed by atoms with Crippen molar-refractivity contribution in [2.45, 2.75) is 38.9 Å². The zero-order valence-corrected chi connectivity index (χ0v) is 12.9. The van der Waals surface area contributed by atoms with Gasteiger partial charge < -0.3 is 10.5 Å². The molecule has 0 aliphatic carbocycles. The maximum absolute atomic E-state index is 11.9. The molecule has 1 aromatic carbocycles. The summed E-state index contributed by atoms with van der Waals surface area (Å²) in [5.74, 6) is 0.534. The molecule has 0 radical (unpaired) electrons. The quantitative estimate of drug-likeness (QED) is 0.844. The molecule has 0 fully saturated rings. The second kappa shape index (κ2) is 5.82. The van der Waals surface area contributed by atoms with Crippen LogP contribution in [0.3, 0.4) is 0 Å². The molecule has 0 bridgehead atoms. The molecule has 2 N–H and O–H groups in total. The van der Waals surface area contributed by atoms with Gasteiger partial charge in [0.1, 0.15) is 12.4 Å². The van der Waals surface area contributed by atoms with E-state index in [-0.39, 0.29) is 12.4 Å². The van der Waals surface area contributed by atoms with Gasteiger partial charge in [-0.05, 0) is 44.9 Å². The van der Waals surface area contributed by atoms with Crippen molar-refractivity contribution in [1.29, 1.82) is 0 Å². The third-order valence-electron chi connectivity index (χ3n) is 3.03. The lowest BCUT2D eigenvalue weighted by Gasteiger charge is -2.19. The number of aryl methyl sites for hydroxylation is 1. The molecule has 19 heavy (non-hydrogen) atoms. The molecule has 1 aromatic rings. The Hall–Kier alpha value is -1.23. The number of hydrogen-bond acceptors (Lipinski definition) is 4. The fourth-order valence-corrected chi connectivity index (χ4v) is 2.43. The van der Waals surface area contributed by atoms with Crippen LogP contribution in [0.15, 0.2) is 18.2 Å². The van der Waals surface area contributed by atoms with Crippen LogP contribution in [-0.4, -0.2) is 25.5 Å². The monoisotopic (exact) mass is 285 g/mol. The van der Waals surface area contributed by atoms with Crippen molar-refractivity contribution in [1.82, 2.24) is 0 Å². The fraction of sp³-hybridized carbons (Fsp3) is 0.571. The Labute approximate surface area is 115 Å². The first-order valence-corrected chi connectivity index (χ1v) is 8.06. The highest BCUT2D eigenvalue weighted by atomic mass is 32.2. The van der Waals surface area contributed by atoms with E-state index >= 15 is 0 Å². The Bertz CT molecular complexity index is 530. The van der Waals surface area contributed by atoms with Crippen LogP contribution in [0.5, 0.6) is 5.75 Å². The lowest BCUT2D eigenvalue weighted by atomic mass is 10.1. The number of anilines is 1. The number of nitrogen functional groups attached to an aromatic ring is 1. The molecule has 0 spiro atoms. The van der Waals surface area contributed by atoms with Crippen LogP contribution >= 0.6 is 0 Å². The highest BCUT2D eigenvalue weighted by molar-refractivity contribution is 7.92. The van der Waals surface area contributed by atoms with Crippen LogP contribution in [0.4, 0.5) is 5.69 Å². The van der Waals surface area contributed by atoms with Gasteiger partial charge in [-0.15, -0.1) is 0 Å². The summed E-state index contributed by atoms with van der Waals surface area (Å²) in [7, 11) is -3.16. The number of hydrogen-bond donors (Lipinski definition) is 1. The van der Waals surface area contributed by atoms with Gasteiger partial charge in [0.05, 0.1) is 16.2 Å². The van der Waals surface area contributed by atoms with Crippen molar-refractivity contribution in [2.75, 3.05) is 18.1 Å². The summed E-state index contributed by atoms with van der Waals surface area (Å²) in [6.45, 7) is 7.23. The van der Waals surface area contributed by atoms with E-state index in [0.29, 0.717) is 11.4 Å². The summed E-state index contributed by atoms with van der Waals surface area (Å²) >= 11 is 0. The molecule has 108 valence electrons. The summed E-state index contributed by atoms with van der Waals surface area (Å²) in [6.07, 6.45) is 0.906. The number of nitrogens with two attached hydrogens (primary N) is 1. The van der Waals surface area contributed by atoms with Crippen molar-refractivity contribution < 1.29 is 13.2 Å². The van der Waals surface area contributed by atoms with Gasteiger partial charge in [0.25, 0.3) is 0 Å². The zero-order chi connectivity index (χ0) is 14.7. The van der Waals surface area contributed by atoms with Crippen molar-refractivity contribution >= 4 is 15.5 Å². The van der Waals surface area contributed by atoms with Gasteiger partial charge in [0.2, 0.25) is 0 Å². The molecule has 5 heteroatoms. The van der Waals surface area contributed by atoms with Crippen LogP contribution in [0.25, 0.3) is 0 Å². The van der Waals surface area contributed by atoms with Crippen LogP contribution in [0.2, 0.25) is 0 Å². The molecule has 0 saturated heterocycles. The molecule has 0 aromatic heterocycles. The van der Waals surface area contributed by atoms with Gasteiger partial charge in [0, 0.05) is 0 Å². The SMILES string of the molecule is CCc1ccc(OCCS(=O)(=O)C(C)(C)C)c(N)c1. The highest BCUT2D eigenvalue weighted by Gasteiger charge is 2.28. The average Bonchev–Trinajstić information content (AvgIpc) is 2.29. The molecule has 4 nitrogen and oxygen atoms in total. The Morgan fingerprint density at radius 2 is 1.89 bits per heavy atom. The third-order valence-corrected chi connectivity index (χ3v) is 5.60. The highest BCUT2D eigenvalue weighted by Crippen LogP contribution is 2.23. The van der Waals surface area contributed by atoms with Crippen LogP contribution in [0.1, 0.15) is 33.3 Å². The minimum Gasteiger partial charge on any atom is -0.490 e. The van der Waals surface area contributed by atoms with Crippen molar-refractivity contribution in [3.63, 3.8) is 0 Å². The Kier molecular flexibility index (Phi) is 4.85. The second-order valence-corrected chi connectivity index (χ2v) is 8.37. The molecule has 1 rings (SSSR count). The van der Waals surface area contributed by atoms with Gasteiger partial charge in [0.15, 0.2) is 9.84 Å². The lowest BCUT2D eigenvalue weighted by Crippen LogP contribution is -2.32. The first-order chi connectivity index (χ1) is 8.67. The van der Waals surface area contributed by atoms with Gasteiger partial charge in [-0.3, -0.25) is 0 Å². The molecule has 0 heterocycles. The van der Waals surface area contributed by atoms with Gasteiger partial charge in [-0.1, -0.05) is 13.0 Å². The van der Waals surface area contributed by atoms with Crippen LogP contribution < -0.4 is 10.5 Å². The molecular weight excluding hydrogens is 262 g/mol. The second-order valence-electron chi connectivity index (χ2n) is 5.51. The van der Waals surface area contributed by atoms with E-state index in [4.69, 9.17) is 10.5 Å². The van der Waals surface area contributed by atoms with E-state index in [1.165, 1.54) is 0 Å². The topological polar surface area (TPSA) is 69.4 Å². The normalized spacial score (nSPS) is 12.4. The minimum absolute atomic E-state index is 0.00846. The van der Waals surface area contributed by atoms with E-state index in [2.05, 4.69) is 0 Å². The Morgan fingerprint density at radius 3 is 2.37 bits per heavy atom. The molecule has 0 atom stereocenters. The van der Waals surface area contributed by atoms with E-state index < -0.39 is 14.6 Å². The number of rotatable bonds is 5. The summed E-state index contributed by atoms with van der Waals surface area (Å²) in [4.78, 5) is 0. The maximum atomic E-state index is 11.9. The standard InChI is InChI=1S/C14H23NO3S/c1-5-11-6-7-13(12(15)10-11)18-8-9-19(16,17)14(2,3)4/h6-7,10H,5,8-9,15H2,1-4H3. The molecule has 0 saturated carbocycles. The number of sulfone groups is 1. The van der Waals surface area contributed by atoms with E-state index in [1.807, 2.05) is 19.1 Å². The van der Waals surface area contributed by atoms with E-state index in [0.717, 1.165) is 12.0 Å². The number of benzene rings is 1. The summed E-state index contributed by atoms with van der Waals surface area (Å²) < 4.78 is 28.5. The third kappa shape index (κ3) is 4.13. The molecular formula is C14H23NO3S. The van der Waals surface area contributed by atoms with Crippen molar-refractivity contribution in [3.8, 4) is 5.75 Å². The van der Waals surface area contributed by atoms with Gasteiger partial charge in [-0.25, -0.2) is 8.42 Å². The largest absolute Gasteiger partial charge is 0.490 e. The lowest BCUT2D eigenvalue weighted by molar-refractivity contribution is 0.341. The minimum atomic E-state index is -3.16. The first kappa shape index (κ1) is 15.8.